The summed E-state index contributed by atoms with van der Waals surface area (Å²) in [6.45, 7) is 1.13. The maximum Gasteiger partial charge on any atom is 0.253 e. The van der Waals surface area contributed by atoms with Gasteiger partial charge in [0.05, 0.1) is 0 Å². The Morgan fingerprint density at radius 2 is 1.96 bits per heavy atom. The van der Waals surface area contributed by atoms with Crippen molar-refractivity contribution < 1.29 is 13.6 Å². The Kier molecular flexibility index (Phi) is 5.81. The number of thioether (sulfide) groups is 1. The topological polar surface area (TPSA) is 23.6 Å². The fourth-order valence-corrected chi connectivity index (χ4v) is 4.33. The highest BCUT2D eigenvalue weighted by Crippen LogP contribution is 2.36. The van der Waals surface area contributed by atoms with E-state index in [0.29, 0.717) is 36.4 Å². The lowest BCUT2D eigenvalue weighted by Crippen LogP contribution is -2.33. The van der Waals surface area contributed by atoms with Crippen LogP contribution in [0.3, 0.4) is 0 Å². The van der Waals surface area contributed by atoms with Crippen molar-refractivity contribution in [2.75, 3.05) is 37.8 Å². The predicted molar refractivity (Wildman–Crippen MR) is 103 cm³/mol. The number of anilines is 1. The van der Waals surface area contributed by atoms with E-state index in [0.717, 1.165) is 11.8 Å². The Balaban J connectivity index is 1.73. The van der Waals surface area contributed by atoms with E-state index in [1.165, 1.54) is 12.1 Å². The van der Waals surface area contributed by atoms with E-state index in [-0.39, 0.29) is 17.0 Å². The molecule has 0 bridgehead atoms. The highest BCUT2D eigenvalue weighted by molar-refractivity contribution is 7.99. The Hall–Kier alpha value is -2.08. The zero-order valence-corrected chi connectivity index (χ0v) is 15.7. The Labute approximate surface area is 157 Å². The Bertz CT molecular complexity index is 797. The number of carbonyl (C=O) groups excluding carboxylic acids is 1. The summed E-state index contributed by atoms with van der Waals surface area (Å²) in [5.74, 6) is -0.142. The minimum Gasteiger partial charge on any atom is -0.378 e. The minimum absolute atomic E-state index is 0.0188. The largest absolute Gasteiger partial charge is 0.378 e. The number of hydrogen-bond acceptors (Lipinski definition) is 3. The summed E-state index contributed by atoms with van der Waals surface area (Å²) in [7, 11) is 3.87. The van der Waals surface area contributed by atoms with Crippen LogP contribution in [-0.4, -0.2) is 43.7 Å². The fourth-order valence-electron chi connectivity index (χ4n) is 3.08. The first-order chi connectivity index (χ1) is 12.5. The summed E-state index contributed by atoms with van der Waals surface area (Å²) < 4.78 is 27.6. The number of amides is 1. The first-order valence-corrected chi connectivity index (χ1v) is 9.64. The van der Waals surface area contributed by atoms with E-state index in [9.17, 15) is 13.6 Å². The van der Waals surface area contributed by atoms with Gasteiger partial charge in [0.15, 0.2) is 0 Å². The van der Waals surface area contributed by atoms with Gasteiger partial charge >= 0.3 is 0 Å². The number of rotatable bonds is 3. The van der Waals surface area contributed by atoms with E-state index in [1.807, 2.05) is 43.3 Å². The van der Waals surface area contributed by atoms with Crippen LogP contribution in [-0.2, 0) is 0 Å². The van der Waals surface area contributed by atoms with Crippen LogP contribution in [0.1, 0.15) is 27.6 Å². The van der Waals surface area contributed by atoms with E-state index < -0.39 is 5.82 Å². The van der Waals surface area contributed by atoms with Crippen LogP contribution in [0.25, 0.3) is 0 Å². The van der Waals surface area contributed by atoms with Crippen LogP contribution in [0, 0.1) is 11.6 Å². The third-order valence-corrected chi connectivity index (χ3v) is 5.85. The standard InChI is InChI=1S/C20H22F2N2OS/c1-23(2)16-5-3-4-14(12-16)20(25)24-9-8-19(26-11-10-24)17-13-15(21)6-7-18(17)22/h3-7,12-13,19H,8-11H2,1-2H3/t19-/m0/s1. The van der Waals surface area contributed by atoms with Gasteiger partial charge in [0.25, 0.3) is 5.91 Å². The summed E-state index contributed by atoms with van der Waals surface area (Å²) in [6, 6.07) is 11.1. The zero-order chi connectivity index (χ0) is 18.7. The maximum absolute atomic E-state index is 14.1. The lowest BCUT2D eigenvalue weighted by molar-refractivity contribution is 0.0766. The third-order valence-electron chi connectivity index (χ3n) is 4.54. The number of carbonyl (C=O) groups is 1. The van der Waals surface area contributed by atoms with Gasteiger partial charge in [0.1, 0.15) is 11.6 Å². The molecule has 2 aromatic rings. The summed E-state index contributed by atoms with van der Waals surface area (Å²) in [5.41, 5.74) is 2.01. The molecule has 138 valence electrons. The summed E-state index contributed by atoms with van der Waals surface area (Å²) in [5, 5.41) is -0.142. The third kappa shape index (κ3) is 4.18. The summed E-state index contributed by atoms with van der Waals surface area (Å²) in [6.07, 6.45) is 0.601. The van der Waals surface area contributed by atoms with Crippen LogP contribution in [0.5, 0.6) is 0 Å². The van der Waals surface area contributed by atoms with Gasteiger partial charge in [-0.2, -0.15) is 11.8 Å². The van der Waals surface area contributed by atoms with Crippen LogP contribution in [0.15, 0.2) is 42.5 Å². The zero-order valence-electron chi connectivity index (χ0n) is 14.9. The first kappa shape index (κ1) is 18.7. The minimum atomic E-state index is -0.431. The molecule has 1 aliphatic heterocycles. The van der Waals surface area contributed by atoms with Gasteiger partial charge in [-0.3, -0.25) is 4.79 Å². The van der Waals surface area contributed by atoms with E-state index in [4.69, 9.17) is 0 Å². The highest BCUT2D eigenvalue weighted by Gasteiger charge is 2.25. The second kappa shape index (κ2) is 8.08. The van der Waals surface area contributed by atoms with Gasteiger partial charge in [-0.05, 0) is 42.8 Å². The fraction of sp³-hybridized carbons (Fsp3) is 0.350. The van der Waals surface area contributed by atoms with Crippen molar-refractivity contribution in [1.82, 2.24) is 4.90 Å². The average Bonchev–Trinajstić information content (AvgIpc) is 2.89. The van der Waals surface area contributed by atoms with Gasteiger partial charge in [0.2, 0.25) is 0 Å². The van der Waals surface area contributed by atoms with Gasteiger partial charge in [-0.15, -0.1) is 0 Å². The summed E-state index contributed by atoms with van der Waals surface area (Å²) >= 11 is 1.58. The quantitative estimate of drug-likeness (QED) is 0.796. The molecule has 3 nitrogen and oxygen atoms in total. The van der Waals surface area contributed by atoms with Crippen molar-refractivity contribution in [2.24, 2.45) is 0 Å². The van der Waals surface area contributed by atoms with Crippen molar-refractivity contribution in [1.29, 1.82) is 0 Å². The van der Waals surface area contributed by atoms with Crippen molar-refractivity contribution >= 4 is 23.4 Å². The van der Waals surface area contributed by atoms with Crippen molar-refractivity contribution in [2.45, 2.75) is 11.7 Å². The van der Waals surface area contributed by atoms with Gasteiger partial charge in [0, 0.05) is 55.0 Å². The molecular formula is C20H22F2N2OS. The second-order valence-electron chi connectivity index (χ2n) is 6.55. The molecule has 3 rings (SSSR count). The molecule has 0 spiro atoms. The van der Waals surface area contributed by atoms with Gasteiger partial charge in [-0.1, -0.05) is 6.07 Å². The number of halogens is 2. The first-order valence-electron chi connectivity index (χ1n) is 8.59. The van der Waals surface area contributed by atoms with Crippen LogP contribution >= 0.6 is 11.8 Å². The molecule has 0 aliphatic carbocycles. The maximum atomic E-state index is 14.1. The van der Waals surface area contributed by atoms with Gasteiger partial charge in [-0.25, -0.2) is 8.78 Å². The lowest BCUT2D eigenvalue weighted by atomic mass is 10.1. The molecule has 1 saturated heterocycles. The molecule has 0 radical (unpaired) electrons. The molecule has 0 saturated carbocycles. The molecule has 1 aliphatic rings. The number of nitrogens with zero attached hydrogens (tertiary/aromatic N) is 2. The molecule has 0 N–H and O–H groups in total. The molecule has 0 aromatic heterocycles. The van der Waals surface area contributed by atoms with Crippen molar-refractivity contribution in [3.63, 3.8) is 0 Å². The molecule has 1 heterocycles. The smallest absolute Gasteiger partial charge is 0.253 e. The van der Waals surface area contributed by atoms with Crippen molar-refractivity contribution in [3.8, 4) is 0 Å². The molecule has 0 unspecified atom stereocenters. The predicted octanol–water partition coefficient (Wildman–Crippen LogP) is 4.35. The van der Waals surface area contributed by atoms with E-state index in [2.05, 4.69) is 0 Å². The summed E-state index contributed by atoms with van der Waals surface area (Å²) in [4.78, 5) is 16.6. The number of benzene rings is 2. The Morgan fingerprint density at radius 3 is 2.73 bits per heavy atom. The molecule has 6 heteroatoms. The van der Waals surface area contributed by atoms with E-state index >= 15 is 0 Å². The van der Waals surface area contributed by atoms with Gasteiger partial charge < -0.3 is 9.80 Å². The second-order valence-corrected chi connectivity index (χ2v) is 7.86. The van der Waals surface area contributed by atoms with Crippen LogP contribution < -0.4 is 4.90 Å². The monoisotopic (exact) mass is 376 g/mol. The molecular weight excluding hydrogens is 354 g/mol. The van der Waals surface area contributed by atoms with Crippen molar-refractivity contribution in [3.05, 3.63) is 65.2 Å². The van der Waals surface area contributed by atoms with Crippen LogP contribution in [0.4, 0.5) is 14.5 Å². The SMILES string of the molecule is CN(C)c1cccc(C(=O)N2CCS[C@H](c3cc(F)ccc3F)CC2)c1. The normalized spacial score (nSPS) is 17.7. The number of hydrogen-bond donors (Lipinski definition) is 0. The molecule has 1 fully saturated rings. The molecule has 1 atom stereocenters. The molecule has 1 amide bonds. The highest BCUT2D eigenvalue weighted by atomic mass is 32.2. The van der Waals surface area contributed by atoms with Crippen LogP contribution in [0.2, 0.25) is 0 Å². The molecule has 26 heavy (non-hydrogen) atoms. The molecule has 2 aromatic carbocycles. The van der Waals surface area contributed by atoms with E-state index in [1.54, 1.807) is 16.7 Å². The average molecular weight is 376 g/mol. The lowest BCUT2D eigenvalue weighted by Gasteiger charge is -2.21. The Morgan fingerprint density at radius 1 is 1.15 bits per heavy atom.